The van der Waals surface area contributed by atoms with E-state index in [1.54, 1.807) is 30.3 Å². The van der Waals surface area contributed by atoms with Crippen LogP contribution in [-0.4, -0.2) is 55.9 Å². The number of hydrogen-bond acceptors (Lipinski definition) is 7. The minimum atomic E-state index is -0.218. The first-order valence-electron chi connectivity index (χ1n) is 6.61. The summed E-state index contributed by atoms with van der Waals surface area (Å²) in [6.45, 7) is 1.50. The Hall–Kier alpha value is -2.22. The molecule has 0 amide bonds. The van der Waals surface area contributed by atoms with Gasteiger partial charge in [-0.1, -0.05) is 0 Å². The lowest BCUT2D eigenvalue weighted by Crippen LogP contribution is -2.37. The van der Waals surface area contributed by atoms with Gasteiger partial charge >= 0.3 is 0 Å². The molecule has 0 aromatic carbocycles. The van der Waals surface area contributed by atoms with Crippen molar-refractivity contribution in [3.05, 3.63) is 18.7 Å². The minimum absolute atomic E-state index is 0.218. The molecule has 1 aliphatic heterocycles. The first-order chi connectivity index (χ1) is 9.76. The van der Waals surface area contributed by atoms with Crippen molar-refractivity contribution in [1.29, 1.82) is 0 Å². The number of anilines is 2. The van der Waals surface area contributed by atoms with Crippen LogP contribution in [0.15, 0.2) is 18.7 Å². The minimum Gasteiger partial charge on any atom is -0.393 e. The highest BCUT2D eigenvalue weighted by Gasteiger charge is 2.20. The fraction of sp³-hybridized carbons (Fsp3) is 0.500. The van der Waals surface area contributed by atoms with Gasteiger partial charge < -0.3 is 15.3 Å². The normalized spacial score (nSPS) is 16.4. The fourth-order valence-electron chi connectivity index (χ4n) is 2.17. The van der Waals surface area contributed by atoms with Crippen molar-refractivity contribution in [3.63, 3.8) is 0 Å². The van der Waals surface area contributed by atoms with Crippen LogP contribution in [0.5, 0.6) is 0 Å². The van der Waals surface area contributed by atoms with E-state index in [4.69, 9.17) is 0 Å². The van der Waals surface area contributed by atoms with E-state index in [-0.39, 0.29) is 6.10 Å². The Morgan fingerprint density at radius 3 is 2.60 bits per heavy atom. The largest absolute Gasteiger partial charge is 0.393 e. The average molecular weight is 275 g/mol. The van der Waals surface area contributed by atoms with Crippen molar-refractivity contribution >= 4 is 11.9 Å². The standard InChI is InChI=1S/C12H17N7O/c1-13-10-15-11(18-5-2-9(20)3-6-18)17-12(16-10)19-7-4-14-8-19/h4,7-9,20H,2-3,5-6H2,1H3,(H,13,15,16,17). The van der Waals surface area contributed by atoms with Gasteiger partial charge in [0.05, 0.1) is 6.10 Å². The lowest BCUT2D eigenvalue weighted by Gasteiger charge is -2.29. The number of piperidine rings is 1. The van der Waals surface area contributed by atoms with E-state index < -0.39 is 0 Å². The van der Waals surface area contributed by atoms with Gasteiger partial charge in [0.15, 0.2) is 0 Å². The van der Waals surface area contributed by atoms with Gasteiger partial charge in [-0.05, 0) is 12.8 Å². The van der Waals surface area contributed by atoms with Crippen LogP contribution in [0, 0.1) is 0 Å². The molecule has 20 heavy (non-hydrogen) atoms. The molecule has 3 heterocycles. The van der Waals surface area contributed by atoms with Crippen LogP contribution in [0.1, 0.15) is 12.8 Å². The highest BCUT2D eigenvalue weighted by atomic mass is 16.3. The summed E-state index contributed by atoms with van der Waals surface area (Å²) in [6.07, 6.45) is 6.38. The maximum atomic E-state index is 9.57. The van der Waals surface area contributed by atoms with Crippen LogP contribution >= 0.6 is 0 Å². The van der Waals surface area contributed by atoms with Crippen LogP contribution < -0.4 is 10.2 Å². The van der Waals surface area contributed by atoms with Crippen LogP contribution in [0.25, 0.3) is 5.95 Å². The Morgan fingerprint density at radius 1 is 1.20 bits per heavy atom. The highest BCUT2D eigenvalue weighted by molar-refractivity contribution is 5.40. The second-order valence-corrected chi connectivity index (χ2v) is 4.70. The van der Waals surface area contributed by atoms with Crippen molar-refractivity contribution in [1.82, 2.24) is 24.5 Å². The number of imidazole rings is 1. The second-order valence-electron chi connectivity index (χ2n) is 4.70. The molecule has 1 aliphatic rings. The molecular formula is C12H17N7O. The molecule has 3 rings (SSSR count). The third-order valence-corrected chi connectivity index (χ3v) is 3.32. The third kappa shape index (κ3) is 2.55. The topological polar surface area (TPSA) is 92.0 Å². The number of aromatic nitrogens is 5. The Labute approximate surface area is 116 Å². The Kier molecular flexibility index (Phi) is 3.46. The lowest BCUT2D eigenvalue weighted by molar-refractivity contribution is 0.145. The average Bonchev–Trinajstić information content (AvgIpc) is 3.02. The van der Waals surface area contributed by atoms with E-state index in [9.17, 15) is 5.11 Å². The summed E-state index contributed by atoms with van der Waals surface area (Å²) in [5.41, 5.74) is 0. The van der Waals surface area contributed by atoms with Crippen molar-refractivity contribution < 1.29 is 5.11 Å². The van der Waals surface area contributed by atoms with Crippen LogP contribution in [0.4, 0.5) is 11.9 Å². The smallest absolute Gasteiger partial charge is 0.241 e. The molecule has 0 bridgehead atoms. The SMILES string of the molecule is CNc1nc(N2CCC(O)CC2)nc(-n2ccnc2)n1. The first-order valence-corrected chi connectivity index (χ1v) is 6.61. The summed E-state index contributed by atoms with van der Waals surface area (Å²) in [6, 6.07) is 0. The number of rotatable bonds is 3. The first kappa shape index (κ1) is 12.8. The molecule has 2 aromatic heterocycles. The molecule has 0 unspecified atom stereocenters. The van der Waals surface area contributed by atoms with Gasteiger partial charge in [-0.15, -0.1) is 0 Å². The zero-order valence-corrected chi connectivity index (χ0v) is 11.3. The molecular weight excluding hydrogens is 258 g/mol. The summed E-state index contributed by atoms with van der Waals surface area (Å²) in [5, 5.41) is 12.5. The van der Waals surface area contributed by atoms with Crippen molar-refractivity contribution in [3.8, 4) is 5.95 Å². The maximum Gasteiger partial charge on any atom is 0.241 e. The molecule has 2 N–H and O–H groups in total. The summed E-state index contributed by atoms with van der Waals surface area (Å²) < 4.78 is 1.74. The Bertz CT molecular complexity index is 563. The van der Waals surface area contributed by atoms with E-state index >= 15 is 0 Å². The van der Waals surface area contributed by atoms with Gasteiger partial charge in [0.25, 0.3) is 0 Å². The van der Waals surface area contributed by atoms with Gasteiger partial charge in [0, 0.05) is 32.5 Å². The van der Waals surface area contributed by atoms with Gasteiger partial charge in [-0.2, -0.15) is 15.0 Å². The number of hydrogen-bond donors (Lipinski definition) is 2. The molecule has 1 fully saturated rings. The van der Waals surface area contributed by atoms with Crippen LogP contribution in [0.3, 0.4) is 0 Å². The zero-order valence-electron chi connectivity index (χ0n) is 11.3. The lowest BCUT2D eigenvalue weighted by atomic mass is 10.1. The van der Waals surface area contributed by atoms with Crippen LogP contribution in [-0.2, 0) is 0 Å². The fourth-order valence-corrected chi connectivity index (χ4v) is 2.17. The van der Waals surface area contributed by atoms with Gasteiger partial charge in [0.1, 0.15) is 6.33 Å². The molecule has 0 saturated carbocycles. The summed E-state index contributed by atoms with van der Waals surface area (Å²) in [7, 11) is 1.77. The number of nitrogens with one attached hydrogen (secondary N) is 1. The molecule has 8 nitrogen and oxygen atoms in total. The van der Waals surface area contributed by atoms with Crippen molar-refractivity contribution in [2.75, 3.05) is 30.4 Å². The van der Waals surface area contributed by atoms with Crippen LogP contribution in [0.2, 0.25) is 0 Å². The molecule has 0 spiro atoms. The molecule has 1 saturated heterocycles. The van der Waals surface area contributed by atoms with E-state index in [1.165, 1.54) is 0 Å². The van der Waals surface area contributed by atoms with E-state index in [0.29, 0.717) is 17.8 Å². The quantitative estimate of drug-likeness (QED) is 0.818. The van der Waals surface area contributed by atoms with Gasteiger partial charge in [-0.3, -0.25) is 4.57 Å². The number of aliphatic hydroxyl groups excluding tert-OH is 1. The predicted molar refractivity (Wildman–Crippen MR) is 73.9 cm³/mol. The van der Waals surface area contributed by atoms with Crippen molar-refractivity contribution in [2.24, 2.45) is 0 Å². The number of nitrogens with zero attached hydrogens (tertiary/aromatic N) is 6. The maximum absolute atomic E-state index is 9.57. The van der Waals surface area contributed by atoms with E-state index in [2.05, 4.69) is 30.2 Å². The van der Waals surface area contributed by atoms with Crippen molar-refractivity contribution in [2.45, 2.75) is 18.9 Å². The Morgan fingerprint density at radius 2 is 1.95 bits per heavy atom. The molecule has 0 radical (unpaired) electrons. The highest BCUT2D eigenvalue weighted by Crippen LogP contribution is 2.18. The third-order valence-electron chi connectivity index (χ3n) is 3.32. The molecule has 2 aromatic rings. The molecule has 106 valence electrons. The van der Waals surface area contributed by atoms with Gasteiger partial charge in [-0.25, -0.2) is 4.98 Å². The van der Waals surface area contributed by atoms with E-state index in [1.807, 2.05) is 0 Å². The summed E-state index contributed by atoms with van der Waals surface area (Å²) >= 11 is 0. The zero-order chi connectivity index (χ0) is 13.9. The summed E-state index contributed by atoms with van der Waals surface area (Å²) in [4.78, 5) is 19.2. The monoisotopic (exact) mass is 275 g/mol. The molecule has 0 aliphatic carbocycles. The molecule has 0 atom stereocenters. The number of aliphatic hydroxyl groups is 1. The summed E-state index contributed by atoms with van der Waals surface area (Å²) in [5.74, 6) is 1.67. The van der Waals surface area contributed by atoms with E-state index in [0.717, 1.165) is 25.9 Å². The van der Waals surface area contributed by atoms with Gasteiger partial charge in [0.2, 0.25) is 17.8 Å². The molecule has 8 heteroatoms. The predicted octanol–water partition coefficient (Wildman–Crippen LogP) is 0.0601. The second kappa shape index (κ2) is 5.41. The Balaban J connectivity index is 1.92.